The van der Waals surface area contributed by atoms with Crippen LogP contribution in [0.4, 0.5) is 0 Å². The van der Waals surface area contributed by atoms with E-state index in [4.69, 9.17) is 15.4 Å². The summed E-state index contributed by atoms with van der Waals surface area (Å²) >= 11 is 0. The van der Waals surface area contributed by atoms with Gasteiger partial charge in [-0.1, -0.05) is 27.2 Å². The van der Waals surface area contributed by atoms with E-state index in [2.05, 4.69) is 13.8 Å². The zero-order valence-corrected chi connectivity index (χ0v) is 13.2. The standard InChI is InChI=1S/C14H21ClO3S/c1-4-6-9-18-14-8-7-12(19(15,16)17)10-13(14)11(3)5-2/h7-8,10-11H,4-6,9H2,1-3H3. The minimum Gasteiger partial charge on any atom is -0.493 e. The second-order valence-electron chi connectivity index (χ2n) is 4.65. The van der Waals surface area contributed by atoms with Crippen molar-refractivity contribution in [3.05, 3.63) is 23.8 Å². The van der Waals surface area contributed by atoms with Crippen LogP contribution in [0, 0.1) is 0 Å². The molecule has 0 aliphatic carbocycles. The summed E-state index contributed by atoms with van der Waals surface area (Å²) in [7, 11) is 1.70. The third-order valence-electron chi connectivity index (χ3n) is 3.16. The minimum absolute atomic E-state index is 0.132. The largest absolute Gasteiger partial charge is 0.493 e. The van der Waals surface area contributed by atoms with Crippen molar-refractivity contribution in [2.45, 2.75) is 50.8 Å². The Balaban J connectivity index is 3.10. The molecule has 0 fully saturated rings. The lowest BCUT2D eigenvalue weighted by atomic mass is 9.98. The Bertz CT molecular complexity index is 511. The highest BCUT2D eigenvalue weighted by Gasteiger charge is 2.16. The van der Waals surface area contributed by atoms with E-state index in [1.54, 1.807) is 12.1 Å². The summed E-state index contributed by atoms with van der Waals surface area (Å²) in [6.45, 7) is 6.85. The van der Waals surface area contributed by atoms with Crippen LogP contribution < -0.4 is 4.74 Å². The maximum atomic E-state index is 11.4. The summed E-state index contributed by atoms with van der Waals surface area (Å²) in [5.41, 5.74) is 0.903. The number of halogens is 1. The monoisotopic (exact) mass is 304 g/mol. The minimum atomic E-state index is -3.69. The molecule has 0 aliphatic heterocycles. The molecule has 0 aliphatic rings. The first-order valence-corrected chi connectivity index (χ1v) is 8.92. The van der Waals surface area contributed by atoms with Gasteiger partial charge < -0.3 is 4.74 Å². The fraction of sp³-hybridized carbons (Fsp3) is 0.571. The first kappa shape index (κ1) is 16.3. The Labute approximate surface area is 120 Å². The molecular weight excluding hydrogens is 284 g/mol. The number of hydrogen-bond acceptors (Lipinski definition) is 3. The van der Waals surface area contributed by atoms with E-state index in [-0.39, 0.29) is 10.8 Å². The van der Waals surface area contributed by atoms with Crippen molar-refractivity contribution in [1.29, 1.82) is 0 Å². The van der Waals surface area contributed by atoms with Crippen molar-refractivity contribution >= 4 is 19.7 Å². The quantitative estimate of drug-likeness (QED) is 0.557. The Kier molecular flexibility index (Phi) is 6.14. The van der Waals surface area contributed by atoms with Crippen LogP contribution in [0.15, 0.2) is 23.1 Å². The molecule has 5 heteroatoms. The smallest absolute Gasteiger partial charge is 0.261 e. The SMILES string of the molecule is CCCCOc1ccc(S(=O)(=O)Cl)cc1C(C)CC. The van der Waals surface area contributed by atoms with Crippen LogP contribution in [0.3, 0.4) is 0 Å². The molecule has 0 N–H and O–H groups in total. The molecule has 0 saturated carbocycles. The lowest BCUT2D eigenvalue weighted by Gasteiger charge is -2.16. The number of ether oxygens (including phenoxy) is 1. The van der Waals surface area contributed by atoms with E-state index < -0.39 is 9.05 Å². The Morgan fingerprint density at radius 1 is 1.32 bits per heavy atom. The van der Waals surface area contributed by atoms with Crippen LogP contribution in [0.5, 0.6) is 5.75 Å². The number of unbranched alkanes of at least 4 members (excludes halogenated alkanes) is 1. The zero-order chi connectivity index (χ0) is 14.5. The van der Waals surface area contributed by atoms with Gasteiger partial charge in [-0.25, -0.2) is 8.42 Å². The summed E-state index contributed by atoms with van der Waals surface area (Å²) in [5.74, 6) is 0.988. The van der Waals surface area contributed by atoms with E-state index in [0.29, 0.717) is 6.61 Å². The summed E-state index contributed by atoms with van der Waals surface area (Å²) in [6.07, 6.45) is 2.96. The van der Waals surface area contributed by atoms with Crippen LogP contribution in [0.25, 0.3) is 0 Å². The molecule has 1 rings (SSSR count). The molecule has 19 heavy (non-hydrogen) atoms. The molecule has 3 nitrogen and oxygen atoms in total. The van der Waals surface area contributed by atoms with Gasteiger partial charge in [-0.3, -0.25) is 0 Å². The number of hydrogen-bond donors (Lipinski definition) is 0. The van der Waals surface area contributed by atoms with Crippen molar-refractivity contribution in [2.24, 2.45) is 0 Å². The summed E-state index contributed by atoms with van der Waals surface area (Å²) in [4.78, 5) is 0.132. The second-order valence-corrected chi connectivity index (χ2v) is 7.21. The van der Waals surface area contributed by atoms with Crippen LogP contribution >= 0.6 is 10.7 Å². The number of rotatable bonds is 7. The van der Waals surface area contributed by atoms with Gasteiger partial charge in [0, 0.05) is 10.7 Å². The lowest BCUT2D eigenvalue weighted by Crippen LogP contribution is -2.03. The first-order valence-electron chi connectivity index (χ1n) is 6.61. The van der Waals surface area contributed by atoms with Gasteiger partial charge >= 0.3 is 0 Å². The van der Waals surface area contributed by atoms with Gasteiger partial charge in [0.25, 0.3) is 9.05 Å². The van der Waals surface area contributed by atoms with Crippen molar-refractivity contribution in [2.75, 3.05) is 6.61 Å². The Hall–Kier alpha value is -0.740. The van der Waals surface area contributed by atoms with Gasteiger partial charge in [-0.2, -0.15) is 0 Å². The van der Waals surface area contributed by atoms with Crippen LogP contribution in [0.1, 0.15) is 51.5 Å². The highest BCUT2D eigenvalue weighted by atomic mass is 35.7. The Morgan fingerprint density at radius 3 is 2.53 bits per heavy atom. The van der Waals surface area contributed by atoms with E-state index in [9.17, 15) is 8.42 Å². The molecule has 0 amide bonds. The topological polar surface area (TPSA) is 43.4 Å². The van der Waals surface area contributed by atoms with Gasteiger partial charge in [0.2, 0.25) is 0 Å². The number of benzene rings is 1. The fourth-order valence-corrected chi connectivity index (χ4v) is 2.53. The first-order chi connectivity index (χ1) is 8.90. The van der Waals surface area contributed by atoms with Gasteiger partial charge in [0.15, 0.2) is 0 Å². The highest BCUT2D eigenvalue weighted by Crippen LogP contribution is 2.32. The molecule has 1 unspecified atom stereocenters. The molecule has 0 radical (unpaired) electrons. The van der Waals surface area contributed by atoms with Crippen molar-refractivity contribution < 1.29 is 13.2 Å². The van der Waals surface area contributed by atoms with Crippen LogP contribution in [-0.2, 0) is 9.05 Å². The molecule has 0 aromatic heterocycles. The predicted molar refractivity (Wildman–Crippen MR) is 78.6 cm³/mol. The molecule has 1 aromatic carbocycles. The Morgan fingerprint density at radius 2 is 2.00 bits per heavy atom. The van der Waals surface area contributed by atoms with Crippen molar-refractivity contribution in [3.8, 4) is 5.75 Å². The van der Waals surface area contributed by atoms with Gasteiger partial charge in [0.1, 0.15) is 5.75 Å². The third-order valence-corrected chi connectivity index (χ3v) is 4.51. The van der Waals surface area contributed by atoms with Gasteiger partial charge in [0.05, 0.1) is 11.5 Å². The second kappa shape index (κ2) is 7.15. The molecular formula is C14H21ClO3S. The maximum absolute atomic E-state index is 11.4. The zero-order valence-electron chi connectivity index (χ0n) is 11.6. The fourth-order valence-electron chi connectivity index (χ4n) is 1.74. The molecule has 1 aromatic rings. The molecule has 0 bridgehead atoms. The average molecular weight is 305 g/mol. The normalized spacial score (nSPS) is 13.3. The van der Waals surface area contributed by atoms with Crippen LogP contribution in [-0.4, -0.2) is 15.0 Å². The third kappa shape index (κ3) is 4.69. The summed E-state index contributed by atoms with van der Waals surface area (Å²) < 4.78 is 28.5. The summed E-state index contributed by atoms with van der Waals surface area (Å²) in [5, 5.41) is 0. The molecule has 0 heterocycles. The highest BCUT2D eigenvalue weighted by molar-refractivity contribution is 8.13. The molecule has 0 saturated heterocycles. The summed E-state index contributed by atoms with van der Waals surface area (Å²) in [6, 6.07) is 4.82. The van der Waals surface area contributed by atoms with E-state index in [1.165, 1.54) is 6.07 Å². The molecule has 0 spiro atoms. The van der Waals surface area contributed by atoms with Crippen molar-refractivity contribution in [3.63, 3.8) is 0 Å². The lowest BCUT2D eigenvalue weighted by molar-refractivity contribution is 0.304. The van der Waals surface area contributed by atoms with Gasteiger partial charge in [-0.15, -0.1) is 0 Å². The predicted octanol–water partition coefficient (Wildman–Crippen LogP) is 4.31. The van der Waals surface area contributed by atoms with Gasteiger partial charge in [-0.05, 0) is 42.5 Å². The van der Waals surface area contributed by atoms with E-state index in [1.807, 2.05) is 6.92 Å². The van der Waals surface area contributed by atoms with E-state index in [0.717, 1.165) is 30.6 Å². The van der Waals surface area contributed by atoms with Crippen molar-refractivity contribution in [1.82, 2.24) is 0 Å². The van der Waals surface area contributed by atoms with Crippen LogP contribution in [0.2, 0.25) is 0 Å². The molecule has 108 valence electrons. The average Bonchev–Trinajstić information content (AvgIpc) is 2.37. The van der Waals surface area contributed by atoms with E-state index >= 15 is 0 Å². The maximum Gasteiger partial charge on any atom is 0.261 e. The molecule has 1 atom stereocenters.